The fourth-order valence-corrected chi connectivity index (χ4v) is 1.47. The fourth-order valence-electron chi connectivity index (χ4n) is 1.47. The predicted molar refractivity (Wildman–Crippen MR) is 82.7 cm³/mol. The Bertz CT molecular complexity index is 546. The fraction of sp³-hybridized carbons (Fsp3) is 0.333. The molecule has 0 unspecified atom stereocenters. The number of anilines is 1. The number of nitrogens with zero attached hydrogens (tertiary/aromatic N) is 3. The highest BCUT2D eigenvalue weighted by Crippen LogP contribution is 2.02. The van der Waals surface area contributed by atoms with Crippen LogP contribution in [0, 0.1) is 0 Å². The number of hydrogen-bond donors (Lipinski definition) is 2. The van der Waals surface area contributed by atoms with E-state index in [0.29, 0.717) is 25.4 Å². The van der Waals surface area contributed by atoms with Gasteiger partial charge >= 0.3 is 5.97 Å². The highest BCUT2D eigenvalue weighted by Gasteiger charge is 2.04. The molecule has 2 aromatic heterocycles. The first-order valence-electron chi connectivity index (χ1n) is 7.01. The topological polar surface area (TPSA) is 97.2 Å². The second-order valence-corrected chi connectivity index (χ2v) is 3.94. The van der Waals surface area contributed by atoms with Crippen molar-refractivity contribution in [3.8, 4) is 0 Å². The van der Waals surface area contributed by atoms with Gasteiger partial charge in [0.15, 0.2) is 0 Å². The van der Waals surface area contributed by atoms with Crippen molar-refractivity contribution in [1.82, 2.24) is 15.0 Å². The summed E-state index contributed by atoms with van der Waals surface area (Å²) in [6.45, 7) is 5.59. The van der Waals surface area contributed by atoms with Gasteiger partial charge in [-0.25, -0.2) is 14.8 Å². The minimum absolute atomic E-state index is 0.219. The number of ether oxygens (including phenoxy) is 1. The highest BCUT2D eigenvalue weighted by molar-refractivity contribution is 5.83. The van der Waals surface area contributed by atoms with Gasteiger partial charge in [0, 0.05) is 18.9 Å². The molecule has 0 aliphatic rings. The van der Waals surface area contributed by atoms with Crippen LogP contribution in [0.25, 0.3) is 0 Å². The van der Waals surface area contributed by atoms with Crippen LogP contribution in [-0.4, -0.2) is 39.2 Å². The van der Waals surface area contributed by atoms with E-state index in [2.05, 4.69) is 20.3 Å². The summed E-state index contributed by atoms with van der Waals surface area (Å²) in [7, 11) is 0. The molecule has 2 aromatic rings. The van der Waals surface area contributed by atoms with Crippen LogP contribution in [0.2, 0.25) is 0 Å². The minimum atomic E-state index is -1.14. The van der Waals surface area contributed by atoms with E-state index in [1.165, 1.54) is 12.4 Å². The Morgan fingerprint density at radius 3 is 2.59 bits per heavy atom. The number of hydrogen-bond acceptors (Lipinski definition) is 6. The van der Waals surface area contributed by atoms with Gasteiger partial charge in [0.05, 0.1) is 31.3 Å². The van der Waals surface area contributed by atoms with Crippen molar-refractivity contribution in [3.63, 3.8) is 0 Å². The Morgan fingerprint density at radius 2 is 2.00 bits per heavy atom. The first-order valence-corrected chi connectivity index (χ1v) is 7.01. The number of pyridine rings is 1. The maximum absolute atomic E-state index is 10.6. The van der Waals surface area contributed by atoms with Crippen LogP contribution in [0.15, 0.2) is 36.9 Å². The lowest BCUT2D eigenvalue weighted by Crippen LogP contribution is -2.11. The molecule has 0 aromatic carbocycles. The van der Waals surface area contributed by atoms with Crippen molar-refractivity contribution in [1.29, 1.82) is 0 Å². The molecule has 2 heterocycles. The Kier molecular flexibility index (Phi) is 8.14. The molecular formula is C15H20N4O3. The standard InChI is InChI=1S/C13H14N4O3.C2H6/c18-13(19)12-16-7-11(8-17-12)15-4-5-20-9-10-2-1-3-14-6-10;1-2/h1-3,6-8,15H,4-5,9H2,(H,18,19);1-2H3. The molecule has 0 radical (unpaired) electrons. The molecule has 118 valence electrons. The van der Waals surface area contributed by atoms with E-state index in [0.717, 1.165) is 5.56 Å². The van der Waals surface area contributed by atoms with Crippen LogP contribution in [0.4, 0.5) is 5.69 Å². The summed E-state index contributed by atoms with van der Waals surface area (Å²) in [5, 5.41) is 11.7. The second kappa shape index (κ2) is 10.2. The zero-order chi connectivity index (χ0) is 16.2. The average Bonchev–Trinajstić information content (AvgIpc) is 2.58. The van der Waals surface area contributed by atoms with E-state index in [1.54, 1.807) is 12.4 Å². The average molecular weight is 304 g/mol. The number of aromatic nitrogens is 3. The van der Waals surface area contributed by atoms with Crippen molar-refractivity contribution in [2.75, 3.05) is 18.5 Å². The largest absolute Gasteiger partial charge is 0.475 e. The van der Waals surface area contributed by atoms with Gasteiger partial charge in [-0.05, 0) is 11.6 Å². The molecule has 0 spiro atoms. The monoisotopic (exact) mass is 304 g/mol. The summed E-state index contributed by atoms with van der Waals surface area (Å²) < 4.78 is 5.47. The van der Waals surface area contributed by atoms with Crippen molar-refractivity contribution in [2.45, 2.75) is 20.5 Å². The molecule has 0 bridgehead atoms. The van der Waals surface area contributed by atoms with Crippen LogP contribution in [0.1, 0.15) is 30.0 Å². The predicted octanol–water partition coefficient (Wildman–Crippen LogP) is 2.22. The third-order valence-electron chi connectivity index (χ3n) is 2.41. The maximum Gasteiger partial charge on any atom is 0.373 e. The van der Waals surface area contributed by atoms with E-state index < -0.39 is 5.97 Å². The number of carbonyl (C=O) groups is 1. The second-order valence-electron chi connectivity index (χ2n) is 3.94. The molecule has 0 fully saturated rings. The molecule has 0 aliphatic heterocycles. The SMILES string of the molecule is CC.O=C(O)c1ncc(NCCOCc2cccnc2)cn1. The normalized spacial score (nSPS) is 9.55. The van der Waals surface area contributed by atoms with E-state index in [-0.39, 0.29) is 5.82 Å². The first kappa shape index (κ1) is 17.5. The lowest BCUT2D eigenvalue weighted by Gasteiger charge is -2.06. The third-order valence-corrected chi connectivity index (χ3v) is 2.41. The quantitative estimate of drug-likeness (QED) is 0.757. The van der Waals surface area contributed by atoms with Gasteiger partial charge in [-0.1, -0.05) is 19.9 Å². The highest BCUT2D eigenvalue weighted by atomic mass is 16.5. The Hall–Kier alpha value is -2.54. The Balaban J connectivity index is 0.00000116. The maximum atomic E-state index is 10.6. The molecule has 0 saturated carbocycles. The molecule has 0 atom stereocenters. The molecular weight excluding hydrogens is 284 g/mol. The summed E-state index contributed by atoms with van der Waals surface area (Å²) in [6.07, 6.45) is 6.33. The number of carboxylic acids is 1. The first-order chi connectivity index (χ1) is 10.8. The molecule has 0 amide bonds. The molecule has 7 nitrogen and oxygen atoms in total. The number of carboxylic acid groups (broad SMARTS) is 1. The summed E-state index contributed by atoms with van der Waals surface area (Å²) >= 11 is 0. The van der Waals surface area contributed by atoms with Gasteiger partial charge in [0.25, 0.3) is 0 Å². The zero-order valence-electron chi connectivity index (χ0n) is 12.7. The number of aromatic carboxylic acids is 1. The van der Waals surface area contributed by atoms with E-state index in [4.69, 9.17) is 9.84 Å². The van der Waals surface area contributed by atoms with Gasteiger partial charge < -0.3 is 15.2 Å². The van der Waals surface area contributed by atoms with Gasteiger partial charge in [0.2, 0.25) is 5.82 Å². The lowest BCUT2D eigenvalue weighted by molar-refractivity contribution is 0.0683. The third kappa shape index (κ3) is 6.27. The van der Waals surface area contributed by atoms with Crippen molar-refractivity contribution >= 4 is 11.7 Å². The van der Waals surface area contributed by atoms with Gasteiger partial charge in [-0.3, -0.25) is 4.98 Å². The van der Waals surface area contributed by atoms with Gasteiger partial charge in [-0.15, -0.1) is 0 Å². The Morgan fingerprint density at radius 1 is 1.27 bits per heavy atom. The number of nitrogens with one attached hydrogen (secondary N) is 1. The molecule has 7 heteroatoms. The summed E-state index contributed by atoms with van der Waals surface area (Å²) in [5.74, 6) is -1.36. The van der Waals surface area contributed by atoms with Crippen LogP contribution < -0.4 is 5.32 Å². The Labute approximate surface area is 129 Å². The molecule has 2 rings (SSSR count). The molecule has 0 aliphatic carbocycles. The van der Waals surface area contributed by atoms with Crippen LogP contribution in [0.3, 0.4) is 0 Å². The minimum Gasteiger partial charge on any atom is -0.475 e. The zero-order valence-corrected chi connectivity index (χ0v) is 12.7. The number of rotatable bonds is 7. The summed E-state index contributed by atoms with van der Waals surface area (Å²) in [5.41, 5.74) is 1.67. The lowest BCUT2D eigenvalue weighted by atomic mass is 10.3. The molecule has 22 heavy (non-hydrogen) atoms. The van der Waals surface area contributed by atoms with Crippen LogP contribution >= 0.6 is 0 Å². The van der Waals surface area contributed by atoms with Crippen molar-refractivity contribution in [2.24, 2.45) is 0 Å². The molecule has 0 saturated heterocycles. The van der Waals surface area contributed by atoms with Gasteiger partial charge in [-0.2, -0.15) is 0 Å². The van der Waals surface area contributed by atoms with E-state index in [9.17, 15) is 4.79 Å². The van der Waals surface area contributed by atoms with Crippen LogP contribution in [0.5, 0.6) is 0 Å². The van der Waals surface area contributed by atoms with Crippen molar-refractivity contribution in [3.05, 3.63) is 48.3 Å². The summed E-state index contributed by atoms with van der Waals surface area (Å²) in [6, 6.07) is 3.80. The van der Waals surface area contributed by atoms with E-state index in [1.807, 2.05) is 26.0 Å². The van der Waals surface area contributed by atoms with Gasteiger partial charge in [0.1, 0.15) is 0 Å². The van der Waals surface area contributed by atoms with Crippen LogP contribution in [-0.2, 0) is 11.3 Å². The van der Waals surface area contributed by atoms with Crippen molar-refractivity contribution < 1.29 is 14.6 Å². The molecule has 2 N–H and O–H groups in total. The smallest absolute Gasteiger partial charge is 0.373 e. The summed E-state index contributed by atoms with van der Waals surface area (Å²) in [4.78, 5) is 22.0. The van der Waals surface area contributed by atoms with E-state index >= 15 is 0 Å².